The Labute approximate surface area is 114 Å². The zero-order chi connectivity index (χ0) is 13.1. The quantitative estimate of drug-likeness (QED) is 0.893. The first kappa shape index (κ1) is 13.4. The second-order valence-electron chi connectivity index (χ2n) is 4.55. The fourth-order valence-electron chi connectivity index (χ4n) is 2.05. The number of carbonyl (C=O) groups is 1. The third-order valence-electron chi connectivity index (χ3n) is 3.17. The molecule has 1 aromatic carbocycles. The van der Waals surface area contributed by atoms with Crippen molar-refractivity contribution in [2.45, 2.75) is 18.9 Å². The average molecular weight is 314 g/mol. The highest BCUT2D eigenvalue weighted by atomic mass is 79.9. The van der Waals surface area contributed by atoms with Crippen LogP contribution in [0, 0.1) is 5.92 Å². The maximum atomic E-state index is 12.0. The van der Waals surface area contributed by atoms with Gasteiger partial charge < -0.3 is 15.2 Å². The molecule has 98 valence electrons. The number of hydrogen-bond acceptors (Lipinski definition) is 3. The number of benzene rings is 1. The van der Waals surface area contributed by atoms with Gasteiger partial charge in [0.05, 0.1) is 18.8 Å². The largest absolute Gasteiger partial charge is 0.496 e. The lowest BCUT2D eigenvalue weighted by Gasteiger charge is -2.31. The monoisotopic (exact) mass is 313 g/mol. The molecule has 0 heterocycles. The van der Waals surface area contributed by atoms with Crippen LogP contribution in [0.2, 0.25) is 0 Å². The van der Waals surface area contributed by atoms with Crippen molar-refractivity contribution in [3.63, 3.8) is 0 Å². The van der Waals surface area contributed by atoms with Gasteiger partial charge in [-0.05, 0) is 37.0 Å². The van der Waals surface area contributed by atoms with Crippen molar-refractivity contribution in [1.82, 2.24) is 5.32 Å². The molecule has 0 spiro atoms. The predicted octanol–water partition coefficient (Wildman–Crippen LogP) is 1.96. The van der Waals surface area contributed by atoms with Crippen molar-refractivity contribution < 1.29 is 14.6 Å². The summed E-state index contributed by atoms with van der Waals surface area (Å²) >= 11 is 3.34. The van der Waals surface area contributed by atoms with E-state index in [1.54, 1.807) is 19.2 Å². The number of amides is 1. The molecule has 1 amide bonds. The minimum absolute atomic E-state index is 0.138. The van der Waals surface area contributed by atoms with Crippen molar-refractivity contribution in [2.24, 2.45) is 5.92 Å². The van der Waals surface area contributed by atoms with Crippen molar-refractivity contribution in [2.75, 3.05) is 13.7 Å². The van der Waals surface area contributed by atoms with Crippen LogP contribution in [0.15, 0.2) is 22.7 Å². The molecule has 0 unspecified atom stereocenters. The molecule has 18 heavy (non-hydrogen) atoms. The van der Waals surface area contributed by atoms with Gasteiger partial charge in [-0.3, -0.25) is 4.79 Å². The van der Waals surface area contributed by atoms with Crippen LogP contribution in [0.5, 0.6) is 5.75 Å². The van der Waals surface area contributed by atoms with E-state index in [2.05, 4.69) is 21.2 Å². The topological polar surface area (TPSA) is 58.6 Å². The summed E-state index contributed by atoms with van der Waals surface area (Å²) in [5, 5.41) is 12.0. The Bertz CT molecular complexity index is 444. The minimum atomic E-state index is -0.186. The molecule has 1 aliphatic rings. The lowest BCUT2D eigenvalue weighted by molar-refractivity contribution is 0.0420. The SMILES string of the molecule is COc1cc(Br)ccc1C(=O)NCC1CC(O)C1. The standard InChI is InChI=1S/C13H16BrNO3/c1-18-12-6-9(14)2-3-11(12)13(17)15-7-8-4-10(16)5-8/h2-3,6,8,10,16H,4-5,7H2,1H3,(H,15,17). The molecule has 0 atom stereocenters. The first-order chi connectivity index (χ1) is 8.60. The highest BCUT2D eigenvalue weighted by Crippen LogP contribution is 2.27. The summed E-state index contributed by atoms with van der Waals surface area (Å²) in [6, 6.07) is 5.31. The molecule has 1 aromatic rings. The Hall–Kier alpha value is -1.07. The fourth-order valence-corrected chi connectivity index (χ4v) is 2.39. The number of ether oxygens (including phenoxy) is 1. The van der Waals surface area contributed by atoms with Gasteiger partial charge in [0.15, 0.2) is 0 Å². The molecular formula is C13H16BrNO3. The Kier molecular flexibility index (Phi) is 4.24. The van der Waals surface area contributed by atoms with Gasteiger partial charge in [-0.15, -0.1) is 0 Å². The van der Waals surface area contributed by atoms with Crippen molar-refractivity contribution in [1.29, 1.82) is 0 Å². The smallest absolute Gasteiger partial charge is 0.255 e. The van der Waals surface area contributed by atoms with Crippen molar-refractivity contribution in [3.8, 4) is 5.75 Å². The molecule has 0 aromatic heterocycles. The lowest BCUT2D eigenvalue weighted by Crippen LogP contribution is -2.38. The minimum Gasteiger partial charge on any atom is -0.496 e. The number of halogens is 1. The summed E-state index contributed by atoms with van der Waals surface area (Å²) in [7, 11) is 1.54. The number of aliphatic hydroxyl groups is 1. The van der Waals surface area contributed by atoms with Gasteiger partial charge in [0, 0.05) is 11.0 Å². The number of carbonyl (C=O) groups excluding carboxylic acids is 1. The molecule has 0 bridgehead atoms. The highest BCUT2D eigenvalue weighted by molar-refractivity contribution is 9.10. The number of hydrogen-bond donors (Lipinski definition) is 2. The maximum absolute atomic E-state index is 12.0. The average Bonchev–Trinajstić information content (AvgIpc) is 2.32. The van der Waals surface area contributed by atoms with Crippen LogP contribution < -0.4 is 10.1 Å². The van der Waals surface area contributed by atoms with Crippen LogP contribution in [-0.2, 0) is 0 Å². The van der Waals surface area contributed by atoms with Crippen LogP contribution in [0.4, 0.5) is 0 Å². The highest BCUT2D eigenvalue weighted by Gasteiger charge is 2.27. The van der Waals surface area contributed by atoms with Gasteiger partial charge in [-0.2, -0.15) is 0 Å². The molecule has 1 fully saturated rings. The predicted molar refractivity (Wildman–Crippen MR) is 71.8 cm³/mol. The zero-order valence-corrected chi connectivity index (χ0v) is 11.7. The third kappa shape index (κ3) is 3.03. The third-order valence-corrected chi connectivity index (χ3v) is 3.66. The van der Waals surface area contributed by atoms with Gasteiger partial charge in [-0.25, -0.2) is 0 Å². The molecule has 0 aliphatic heterocycles. The van der Waals surface area contributed by atoms with Gasteiger partial charge >= 0.3 is 0 Å². The maximum Gasteiger partial charge on any atom is 0.255 e. The normalized spacial score (nSPS) is 22.2. The Morgan fingerprint density at radius 1 is 1.56 bits per heavy atom. The summed E-state index contributed by atoms with van der Waals surface area (Å²) in [6.45, 7) is 0.606. The van der Waals surface area contributed by atoms with E-state index < -0.39 is 0 Å². The van der Waals surface area contributed by atoms with E-state index in [4.69, 9.17) is 4.74 Å². The molecular weight excluding hydrogens is 298 g/mol. The molecule has 2 rings (SSSR count). The summed E-state index contributed by atoms with van der Waals surface area (Å²) in [5.74, 6) is 0.807. The van der Waals surface area contributed by atoms with Crippen LogP contribution >= 0.6 is 15.9 Å². The van der Waals surface area contributed by atoms with E-state index in [0.717, 1.165) is 17.3 Å². The second kappa shape index (κ2) is 5.71. The fraction of sp³-hybridized carbons (Fsp3) is 0.462. The Balaban J connectivity index is 1.95. The van der Waals surface area contributed by atoms with Gasteiger partial charge in [0.25, 0.3) is 5.91 Å². The van der Waals surface area contributed by atoms with Gasteiger partial charge in [-0.1, -0.05) is 15.9 Å². The second-order valence-corrected chi connectivity index (χ2v) is 5.46. The van der Waals surface area contributed by atoms with E-state index in [1.165, 1.54) is 0 Å². The van der Waals surface area contributed by atoms with Crippen LogP contribution in [0.1, 0.15) is 23.2 Å². The molecule has 2 N–H and O–H groups in total. The number of methoxy groups -OCH3 is 1. The lowest BCUT2D eigenvalue weighted by atomic mass is 9.82. The Morgan fingerprint density at radius 3 is 2.89 bits per heavy atom. The van der Waals surface area contributed by atoms with E-state index in [1.807, 2.05) is 6.07 Å². The van der Waals surface area contributed by atoms with Gasteiger partial charge in [0.2, 0.25) is 0 Å². The molecule has 4 nitrogen and oxygen atoms in total. The molecule has 0 radical (unpaired) electrons. The van der Waals surface area contributed by atoms with Crippen LogP contribution in [-0.4, -0.2) is 30.8 Å². The summed E-state index contributed by atoms with van der Waals surface area (Å²) in [4.78, 5) is 12.0. The van der Waals surface area contributed by atoms with E-state index >= 15 is 0 Å². The number of nitrogens with one attached hydrogen (secondary N) is 1. The van der Waals surface area contributed by atoms with E-state index in [9.17, 15) is 9.90 Å². The first-order valence-electron chi connectivity index (χ1n) is 5.90. The van der Waals surface area contributed by atoms with Crippen molar-refractivity contribution >= 4 is 21.8 Å². The molecule has 5 heteroatoms. The Morgan fingerprint density at radius 2 is 2.28 bits per heavy atom. The number of rotatable bonds is 4. The zero-order valence-electron chi connectivity index (χ0n) is 10.1. The molecule has 1 saturated carbocycles. The molecule has 0 saturated heterocycles. The van der Waals surface area contributed by atoms with E-state index in [0.29, 0.717) is 23.8 Å². The van der Waals surface area contributed by atoms with Gasteiger partial charge in [0.1, 0.15) is 5.75 Å². The first-order valence-corrected chi connectivity index (χ1v) is 6.69. The number of aliphatic hydroxyl groups excluding tert-OH is 1. The van der Waals surface area contributed by atoms with E-state index in [-0.39, 0.29) is 12.0 Å². The summed E-state index contributed by atoms with van der Waals surface area (Å²) < 4.78 is 6.05. The van der Waals surface area contributed by atoms with Crippen LogP contribution in [0.25, 0.3) is 0 Å². The van der Waals surface area contributed by atoms with Crippen LogP contribution in [0.3, 0.4) is 0 Å². The summed E-state index contributed by atoms with van der Waals surface area (Å²) in [6.07, 6.45) is 1.37. The van der Waals surface area contributed by atoms with Crippen molar-refractivity contribution in [3.05, 3.63) is 28.2 Å². The summed E-state index contributed by atoms with van der Waals surface area (Å²) in [5.41, 5.74) is 0.528. The molecule has 1 aliphatic carbocycles.